The monoisotopic (exact) mass is 328 g/mol. The van der Waals surface area contributed by atoms with Gasteiger partial charge < -0.3 is 10.4 Å². The summed E-state index contributed by atoms with van der Waals surface area (Å²) < 4.78 is 0. The summed E-state index contributed by atoms with van der Waals surface area (Å²) in [7, 11) is 0. The van der Waals surface area contributed by atoms with Crippen LogP contribution in [0.2, 0.25) is 0 Å². The van der Waals surface area contributed by atoms with Crippen molar-refractivity contribution in [3.05, 3.63) is 42.5 Å². The molecule has 0 bridgehead atoms. The van der Waals surface area contributed by atoms with Crippen LogP contribution in [-0.2, 0) is 9.59 Å². The van der Waals surface area contributed by atoms with Gasteiger partial charge in [0.2, 0.25) is 5.84 Å². The molecule has 0 saturated carbocycles. The van der Waals surface area contributed by atoms with Gasteiger partial charge >= 0.3 is 0 Å². The maximum Gasteiger partial charge on any atom is 0.288 e. The second-order valence-corrected chi connectivity index (χ2v) is 5.92. The van der Waals surface area contributed by atoms with E-state index in [1.165, 1.54) is 5.01 Å². The number of aliphatic imine (C=N–C) groups is 1. The molecule has 126 valence electrons. The molecule has 0 saturated heterocycles. The van der Waals surface area contributed by atoms with E-state index < -0.39 is 6.04 Å². The van der Waals surface area contributed by atoms with Crippen molar-refractivity contribution in [3.63, 3.8) is 0 Å². The molecule has 1 aromatic carbocycles. The number of benzene rings is 1. The molecule has 0 radical (unpaired) electrons. The molecule has 3 rings (SSSR count). The van der Waals surface area contributed by atoms with Crippen molar-refractivity contribution in [3.8, 4) is 0 Å². The van der Waals surface area contributed by atoms with Crippen LogP contribution in [0.1, 0.15) is 13.3 Å². The highest BCUT2D eigenvalue weighted by atomic mass is 16.3. The summed E-state index contributed by atoms with van der Waals surface area (Å²) in [4.78, 5) is 28.9. The molecule has 0 unspecified atom stereocenters. The summed E-state index contributed by atoms with van der Waals surface area (Å²) in [6.07, 6.45) is 4.42. The number of amides is 2. The molecule has 7 nitrogen and oxygen atoms in total. The molecule has 3 atom stereocenters. The predicted molar refractivity (Wildman–Crippen MR) is 90.2 cm³/mol. The zero-order valence-corrected chi connectivity index (χ0v) is 13.3. The maximum atomic E-state index is 12.4. The van der Waals surface area contributed by atoms with Crippen molar-refractivity contribution in [2.24, 2.45) is 10.9 Å². The fourth-order valence-corrected chi connectivity index (χ4v) is 2.76. The Balaban J connectivity index is 1.71. The van der Waals surface area contributed by atoms with E-state index in [2.05, 4.69) is 15.7 Å². The minimum absolute atomic E-state index is 0.0649. The third kappa shape index (κ3) is 3.30. The fourth-order valence-electron chi connectivity index (χ4n) is 2.76. The Hall–Kier alpha value is -2.67. The molecular formula is C17H20N4O3. The Labute approximate surface area is 140 Å². The number of aliphatic hydroxyl groups excluding tert-OH is 1. The molecule has 2 aliphatic rings. The van der Waals surface area contributed by atoms with Crippen molar-refractivity contribution in [2.75, 3.05) is 11.6 Å². The quantitative estimate of drug-likeness (QED) is 0.697. The Morgan fingerprint density at radius 2 is 2.12 bits per heavy atom. The minimum Gasteiger partial charge on any atom is -0.396 e. The summed E-state index contributed by atoms with van der Waals surface area (Å²) in [5.74, 6) is -0.424. The van der Waals surface area contributed by atoms with Gasteiger partial charge in [-0.2, -0.15) is 0 Å². The molecule has 7 heteroatoms. The van der Waals surface area contributed by atoms with E-state index in [-0.39, 0.29) is 36.2 Å². The van der Waals surface area contributed by atoms with E-state index in [0.29, 0.717) is 12.1 Å². The molecule has 3 N–H and O–H groups in total. The highest BCUT2D eigenvalue weighted by Crippen LogP contribution is 2.18. The first-order chi connectivity index (χ1) is 11.6. The lowest BCUT2D eigenvalue weighted by atomic mass is 10.1. The van der Waals surface area contributed by atoms with Gasteiger partial charge in [-0.15, -0.1) is 0 Å². The van der Waals surface area contributed by atoms with Gasteiger partial charge in [-0.25, -0.2) is 10.0 Å². The van der Waals surface area contributed by atoms with Gasteiger partial charge in [0.25, 0.3) is 11.8 Å². The molecule has 0 spiro atoms. The van der Waals surface area contributed by atoms with Gasteiger partial charge in [0.05, 0.1) is 5.69 Å². The number of para-hydroxylation sites is 1. The van der Waals surface area contributed by atoms with Crippen LogP contribution in [0.5, 0.6) is 0 Å². The molecule has 2 amide bonds. The maximum absolute atomic E-state index is 12.4. The van der Waals surface area contributed by atoms with E-state index in [9.17, 15) is 9.59 Å². The zero-order valence-electron chi connectivity index (χ0n) is 13.3. The Morgan fingerprint density at radius 3 is 2.79 bits per heavy atom. The SMILES string of the molecule is C[C@H]1N=C(C(=O)N[C@@H]2C=C[C@H](CO)C2)NN(c2ccccc2)C1=O. The molecule has 24 heavy (non-hydrogen) atoms. The largest absolute Gasteiger partial charge is 0.396 e. The number of aliphatic hydroxyl groups is 1. The number of amidine groups is 1. The first-order valence-electron chi connectivity index (χ1n) is 7.92. The number of carbonyl (C=O) groups excluding carboxylic acids is 2. The van der Waals surface area contributed by atoms with Crippen LogP contribution in [0.25, 0.3) is 0 Å². The fraction of sp³-hybridized carbons (Fsp3) is 0.353. The van der Waals surface area contributed by atoms with Crippen LogP contribution < -0.4 is 15.8 Å². The third-order valence-electron chi connectivity index (χ3n) is 4.07. The summed E-state index contributed by atoms with van der Waals surface area (Å²) >= 11 is 0. The second kappa shape index (κ2) is 6.84. The van der Waals surface area contributed by atoms with Crippen molar-refractivity contribution in [2.45, 2.75) is 25.4 Å². The van der Waals surface area contributed by atoms with Gasteiger partial charge in [0.15, 0.2) is 0 Å². The molecule has 1 aliphatic heterocycles. The van der Waals surface area contributed by atoms with Crippen LogP contribution >= 0.6 is 0 Å². The van der Waals surface area contributed by atoms with Crippen LogP contribution in [0.15, 0.2) is 47.5 Å². The van der Waals surface area contributed by atoms with Gasteiger partial charge in [0.1, 0.15) is 6.04 Å². The number of nitrogens with zero attached hydrogens (tertiary/aromatic N) is 2. The van der Waals surface area contributed by atoms with Crippen LogP contribution in [0.3, 0.4) is 0 Å². The van der Waals surface area contributed by atoms with Gasteiger partial charge in [-0.05, 0) is 25.5 Å². The molecular weight excluding hydrogens is 308 g/mol. The van der Waals surface area contributed by atoms with Crippen molar-refractivity contribution < 1.29 is 14.7 Å². The standard InChI is InChI=1S/C17H20N4O3/c1-11-17(24)21(14-5-3-2-4-6-14)20-15(18-11)16(23)19-13-8-7-12(9-13)10-22/h2-8,11-13,22H,9-10H2,1H3,(H,18,20)(H,19,23)/t11-,12+,13-/m1/s1. The number of hydrogen-bond donors (Lipinski definition) is 3. The van der Waals surface area contributed by atoms with Gasteiger partial charge in [-0.1, -0.05) is 30.4 Å². The topological polar surface area (TPSA) is 94.0 Å². The summed E-state index contributed by atoms with van der Waals surface area (Å²) in [5.41, 5.74) is 3.45. The number of nitrogens with one attached hydrogen (secondary N) is 2. The summed E-state index contributed by atoms with van der Waals surface area (Å²) in [6.45, 7) is 1.72. The van der Waals surface area contributed by atoms with Crippen LogP contribution in [0, 0.1) is 5.92 Å². The molecule has 1 aromatic rings. The summed E-state index contributed by atoms with van der Waals surface area (Å²) in [5, 5.41) is 13.3. The number of hydrogen-bond acceptors (Lipinski definition) is 5. The van der Waals surface area contributed by atoms with E-state index in [1.54, 1.807) is 19.1 Å². The van der Waals surface area contributed by atoms with E-state index in [4.69, 9.17) is 5.11 Å². The second-order valence-electron chi connectivity index (χ2n) is 5.92. The smallest absolute Gasteiger partial charge is 0.288 e. The highest BCUT2D eigenvalue weighted by Gasteiger charge is 2.31. The Kier molecular flexibility index (Phi) is 4.61. The molecule has 0 fully saturated rings. The normalized spacial score (nSPS) is 26.1. The van der Waals surface area contributed by atoms with E-state index in [1.807, 2.05) is 30.4 Å². The Bertz CT molecular complexity index is 686. The molecule has 1 aliphatic carbocycles. The van der Waals surface area contributed by atoms with Crippen molar-refractivity contribution in [1.82, 2.24) is 10.7 Å². The van der Waals surface area contributed by atoms with Crippen molar-refractivity contribution in [1.29, 1.82) is 0 Å². The molecule has 1 heterocycles. The van der Waals surface area contributed by atoms with Gasteiger partial charge in [-0.3, -0.25) is 15.0 Å². The number of carbonyl (C=O) groups is 2. The minimum atomic E-state index is -0.642. The lowest BCUT2D eigenvalue weighted by Gasteiger charge is -2.30. The summed E-state index contributed by atoms with van der Waals surface area (Å²) in [6, 6.07) is 8.27. The first kappa shape index (κ1) is 16.2. The third-order valence-corrected chi connectivity index (χ3v) is 4.07. The Morgan fingerprint density at radius 1 is 1.38 bits per heavy atom. The zero-order chi connectivity index (χ0) is 17.1. The van der Waals surface area contributed by atoms with Crippen molar-refractivity contribution >= 4 is 23.3 Å². The van der Waals surface area contributed by atoms with Gasteiger partial charge in [0, 0.05) is 18.6 Å². The van der Waals surface area contributed by atoms with Crippen LogP contribution in [-0.4, -0.2) is 41.4 Å². The first-order valence-corrected chi connectivity index (χ1v) is 7.92. The lowest BCUT2D eigenvalue weighted by molar-refractivity contribution is -0.120. The highest BCUT2D eigenvalue weighted by molar-refractivity contribution is 6.39. The van der Waals surface area contributed by atoms with Crippen LogP contribution in [0.4, 0.5) is 5.69 Å². The molecule has 0 aromatic heterocycles. The predicted octanol–water partition coefficient (Wildman–Crippen LogP) is 0.378. The lowest BCUT2D eigenvalue weighted by Crippen LogP contribution is -2.58. The van der Waals surface area contributed by atoms with E-state index >= 15 is 0 Å². The van der Waals surface area contributed by atoms with E-state index in [0.717, 1.165) is 0 Å². The average Bonchev–Trinajstić information content (AvgIpc) is 3.05. The number of hydrazine groups is 1. The average molecular weight is 328 g/mol. The number of anilines is 1. The number of rotatable bonds is 4.